The summed E-state index contributed by atoms with van der Waals surface area (Å²) in [5.41, 5.74) is 0. The second-order valence-corrected chi connectivity index (χ2v) is 5.21. The summed E-state index contributed by atoms with van der Waals surface area (Å²) in [5.74, 6) is 0.369. The van der Waals surface area contributed by atoms with Crippen LogP contribution in [0.1, 0.15) is 12.8 Å². The van der Waals surface area contributed by atoms with Crippen LogP contribution in [-0.2, 0) is 4.79 Å². The minimum absolute atomic E-state index is 0.132. The molecule has 1 aromatic heterocycles. The van der Waals surface area contributed by atoms with Crippen molar-refractivity contribution in [2.45, 2.75) is 12.8 Å². The average molecular weight is 239 g/mol. The van der Waals surface area contributed by atoms with Gasteiger partial charge in [-0.1, -0.05) is 0 Å². The van der Waals surface area contributed by atoms with Gasteiger partial charge in [-0.3, -0.25) is 4.79 Å². The van der Waals surface area contributed by atoms with E-state index in [1.165, 1.54) is 0 Å². The molecule has 1 saturated heterocycles. The summed E-state index contributed by atoms with van der Waals surface area (Å²) in [4.78, 5) is 20.1. The maximum Gasteiger partial charge on any atom is 0.226 e. The molecule has 0 spiro atoms. The van der Waals surface area contributed by atoms with Gasteiger partial charge in [0, 0.05) is 38.8 Å². The Bertz CT molecular complexity index is 350. The molecule has 88 valence electrons. The predicted molar refractivity (Wildman–Crippen MR) is 65.7 cm³/mol. The number of amides is 1. The number of rotatable bonds is 2. The van der Waals surface area contributed by atoms with Gasteiger partial charge >= 0.3 is 0 Å². The minimum atomic E-state index is 0.132. The molecule has 2 heterocycles. The van der Waals surface area contributed by atoms with Crippen LogP contribution >= 0.6 is 11.3 Å². The van der Waals surface area contributed by atoms with Crippen LogP contribution in [0.25, 0.3) is 0 Å². The molecule has 0 aliphatic carbocycles. The summed E-state index contributed by atoms with van der Waals surface area (Å²) >= 11 is 1.64. The highest BCUT2D eigenvalue weighted by molar-refractivity contribution is 7.13. The molecule has 2 rings (SSSR count). The highest BCUT2D eigenvalue weighted by Crippen LogP contribution is 2.25. The Hall–Kier alpha value is -1.10. The average Bonchev–Trinajstić information content (AvgIpc) is 2.81. The smallest absolute Gasteiger partial charge is 0.226 e. The minimum Gasteiger partial charge on any atom is -0.349 e. The molecular weight excluding hydrogens is 222 g/mol. The lowest BCUT2D eigenvalue weighted by atomic mass is 9.97. The molecule has 1 aliphatic heterocycles. The van der Waals surface area contributed by atoms with E-state index in [4.69, 9.17) is 0 Å². The van der Waals surface area contributed by atoms with Gasteiger partial charge < -0.3 is 9.80 Å². The van der Waals surface area contributed by atoms with Crippen LogP contribution < -0.4 is 4.90 Å². The van der Waals surface area contributed by atoms with E-state index in [1.54, 1.807) is 16.2 Å². The van der Waals surface area contributed by atoms with E-state index in [2.05, 4.69) is 9.88 Å². The van der Waals surface area contributed by atoms with Crippen LogP contribution in [-0.4, -0.2) is 43.0 Å². The van der Waals surface area contributed by atoms with Gasteiger partial charge in [0.05, 0.1) is 5.92 Å². The summed E-state index contributed by atoms with van der Waals surface area (Å²) in [7, 11) is 3.65. The van der Waals surface area contributed by atoms with Crippen molar-refractivity contribution in [3.05, 3.63) is 11.6 Å². The van der Waals surface area contributed by atoms with Gasteiger partial charge in [-0.05, 0) is 12.8 Å². The van der Waals surface area contributed by atoms with Gasteiger partial charge in [0.1, 0.15) is 0 Å². The van der Waals surface area contributed by atoms with Crippen LogP contribution in [0.3, 0.4) is 0 Å². The van der Waals surface area contributed by atoms with E-state index in [0.717, 1.165) is 31.1 Å². The summed E-state index contributed by atoms with van der Waals surface area (Å²) < 4.78 is 0. The third-order valence-corrected chi connectivity index (χ3v) is 3.73. The number of aromatic nitrogens is 1. The molecule has 0 radical (unpaired) electrons. The van der Waals surface area contributed by atoms with Crippen molar-refractivity contribution in [1.82, 2.24) is 9.88 Å². The lowest BCUT2D eigenvalue weighted by Crippen LogP contribution is -2.42. The van der Waals surface area contributed by atoms with Crippen molar-refractivity contribution in [1.29, 1.82) is 0 Å². The first-order valence-corrected chi connectivity index (χ1v) is 6.42. The summed E-state index contributed by atoms with van der Waals surface area (Å²) in [5, 5.41) is 3.02. The first-order valence-electron chi connectivity index (χ1n) is 5.54. The maximum atomic E-state index is 11.9. The molecule has 1 aliphatic rings. The molecule has 16 heavy (non-hydrogen) atoms. The van der Waals surface area contributed by atoms with Gasteiger partial charge in [0.25, 0.3) is 0 Å². The number of piperidine rings is 1. The number of thiazole rings is 1. The number of carbonyl (C=O) groups is 1. The zero-order valence-electron chi connectivity index (χ0n) is 9.72. The summed E-state index contributed by atoms with van der Waals surface area (Å²) in [6.07, 6.45) is 3.89. The zero-order chi connectivity index (χ0) is 11.5. The van der Waals surface area contributed by atoms with Crippen LogP contribution in [0.4, 0.5) is 5.13 Å². The lowest BCUT2D eigenvalue weighted by molar-refractivity contribution is -0.133. The Morgan fingerprint density at radius 3 is 3.06 bits per heavy atom. The Balaban J connectivity index is 2.02. The predicted octanol–water partition coefficient (Wildman–Crippen LogP) is 1.45. The van der Waals surface area contributed by atoms with Crippen molar-refractivity contribution in [3.8, 4) is 0 Å². The number of anilines is 1. The standard InChI is InChI=1S/C11H17N3OS/c1-13(2)10(15)9-4-3-6-14(8-9)11-12-5-7-16-11/h5,7,9H,3-4,6,8H2,1-2H3. The van der Waals surface area contributed by atoms with Crippen molar-refractivity contribution >= 4 is 22.4 Å². The first-order chi connectivity index (χ1) is 7.68. The lowest BCUT2D eigenvalue weighted by Gasteiger charge is -2.32. The molecule has 0 bridgehead atoms. The number of carbonyl (C=O) groups excluding carboxylic acids is 1. The van der Waals surface area contributed by atoms with Crippen molar-refractivity contribution in [3.63, 3.8) is 0 Å². The monoisotopic (exact) mass is 239 g/mol. The molecule has 0 N–H and O–H groups in total. The van der Waals surface area contributed by atoms with Gasteiger partial charge in [0.15, 0.2) is 5.13 Å². The molecule has 4 nitrogen and oxygen atoms in total. The largest absolute Gasteiger partial charge is 0.349 e. The molecule has 0 saturated carbocycles. The fraction of sp³-hybridized carbons (Fsp3) is 0.636. The Kier molecular flexibility index (Phi) is 3.43. The van der Waals surface area contributed by atoms with Crippen LogP contribution in [0, 0.1) is 5.92 Å². The van der Waals surface area contributed by atoms with Crippen LogP contribution in [0.5, 0.6) is 0 Å². The van der Waals surface area contributed by atoms with Gasteiger partial charge in [0.2, 0.25) is 5.91 Å². The van der Waals surface area contributed by atoms with E-state index in [9.17, 15) is 4.79 Å². The SMILES string of the molecule is CN(C)C(=O)C1CCCN(c2nccs2)C1. The summed E-state index contributed by atoms with van der Waals surface area (Å²) in [6.45, 7) is 1.83. The highest BCUT2D eigenvalue weighted by atomic mass is 32.1. The zero-order valence-corrected chi connectivity index (χ0v) is 10.5. The molecule has 1 atom stereocenters. The van der Waals surface area contributed by atoms with E-state index in [0.29, 0.717) is 0 Å². The molecule has 0 aromatic carbocycles. The summed E-state index contributed by atoms with van der Waals surface area (Å²) in [6, 6.07) is 0. The Morgan fingerprint density at radius 1 is 1.62 bits per heavy atom. The molecule has 1 unspecified atom stereocenters. The first kappa shape index (κ1) is 11.4. The fourth-order valence-electron chi connectivity index (χ4n) is 2.09. The normalized spacial score (nSPS) is 20.9. The van der Waals surface area contributed by atoms with Crippen molar-refractivity contribution in [2.24, 2.45) is 5.92 Å². The quantitative estimate of drug-likeness (QED) is 0.783. The van der Waals surface area contributed by atoms with Crippen molar-refractivity contribution in [2.75, 3.05) is 32.1 Å². The van der Waals surface area contributed by atoms with Crippen LogP contribution in [0.2, 0.25) is 0 Å². The fourth-order valence-corrected chi connectivity index (χ4v) is 2.77. The number of nitrogens with zero attached hydrogens (tertiary/aromatic N) is 3. The van der Waals surface area contributed by atoms with Gasteiger partial charge in [-0.15, -0.1) is 11.3 Å². The number of hydrogen-bond donors (Lipinski definition) is 0. The third kappa shape index (κ3) is 2.35. The molecule has 1 amide bonds. The molecule has 1 aromatic rings. The Morgan fingerprint density at radius 2 is 2.44 bits per heavy atom. The molecule has 1 fully saturated rings. The second kappa shape index (κ2) is 4.82. The van der Waals surface area contributed by atoms with Crippen molar-refractivity contribution < 1.29 is 4.79 Å². The van der Waals surface area contributed by atoms with E-state index >= 15 is 0 Å². The number of hydrogen-bond acceptors (Lipinski definition) is 4. The maximum absolute atomic E-state index is 11.9. The topological polar surface area (TPSA) is 36.4 Å². The van der Waals surface area contributed by atoms with Crippen LogP contribution in [0.15, 0.2) is 11.6 Å². The highest BCUT2D eigenvalue weighted by Gasteiger charge is 2.27. The van der Waals surface area contributed by atoms with Gasteiger partial charge in [-0.25, -0.2) is 4.98 Å². The molecule has 5 heteroatoms. The third-order valence-electron chi connectivity index (χ3n) is 2.90. The van der Waals surface area contributed by atoms with E-state index in [-0.39, 0.29) is 11.8 Å². The van der Waals surface area contributed by atoms with E-state index < -0.39 is 0 Å². The second-order valence-electron chi connectivity index (χ2n) is 4.33. The molecular formula is C11H17N3OS. The van der Waals surface area contributed by atoms with Gasteiger partial charge in [-0.2, -0.15) is 0 Å². The Labute approximate surface area is 99.9 Å². The van der Waals surface area contributed by atoms with E-state index in [1.807, 2.05) is 25.7 Å².